The molecule has 158 valence electrons. The highest BCUT2D eigenvalue weighted by molar-refractivity contribution is 5.84. The molecule has 3 N–H and O–H groups in total. The number of fused-ring (bicyclic) bond motifs is 1. The lowest BCUT2D eigenvalue weighted by molar-refractivity contribution is -0.162. The minimum Gasteiger partial charge on any atom is -0.497 e. The van der Waals surface area contributed by atoms with Gasteiger partial charge >= 0.3 is 11.9 Å². The number of aromatic nitrogens is 1. The Hall–Kier alpha value is -2.74. The number of hydrogen-bond acceptors (Lipinski definition) is 6. The van der Waals surface area contributed by atoms with Gasteiger partial charge in [0.15, 0.2) is 0 Å². The first-order valence-electron chi connectivity index (χ1n) is 9.36. The molecule has 1 heterocycles. The van der Waals surface area contributed by atoms with Crippen LogP contribution in [0.4, 0.5) is 4.39 Å². The van der Waals surface area contributed by atoms with E-state index in [1.54, 1.807) is 39.0 Å². The van der Waals surface area contributed by atoms with E-state index in [9.17, 15) is 19.1 Å². The molecule has 0 aliphatic rings. The summed E-state index contributed by atoms with van der Waals surface area (Å²) >= 11 is 0. The summed E-state index contributed by atoms with van der Waals surface area (Å²) in [5.74, 6) is -2.99. The second kappa shape index (κ2) is 9.17. The SMILES string of the molecule is COc1ccc2ncc(F)c(CCCC(C(=O)O)C(N)C(=O)OC(C)(C)C)c2c1. The Kier molecular flexibility index (Phi) is 7.13. The monoisotopic (exact) mass is 406 g/mol. The van der Waals surface area contributed by atoms with Crippen LogP contribution in [0, 0.1) is 11.7 Å². The number of ether oxygens (including phenoxy) is 2. The largest absolute Gasteiger partial charge is 0.497 e. The second-order valence-electron chi connectivity index (χ2n) is 7.86. The van der Waals surface area contributed by atoms with E-state index in [4.69, 9.17) is 15.2 Å². The molecule has 1 aromatic heterocycles. The average Bonchev–Trinajstić information content (AvgIpc) is 2.64. The summed E-state index contributed by atoms with van der Waals surface area (Å²) in [5, 5.41) is 10.1. The standard InChI is InChI=1S/C21H27FN2O5/c1-21(2,3)29-20(27)18(23)14(19(25)26)7-5-6-13-15-10-12(28-4)8-9-17(15)24-11-16(13)22/h8-11,14,18H,5-7,23H2,1-4H3,(H,25,26). The maximum Gasteiger partial charge on any atom is 0.324 e. The number of aliphatic carboxylic acids is 1. The van der Waals surface area contributed by atoms with Crippen molar-refractivity contribution in [2.75, 3.05) is 7.11 Å². The highest BCUT2D eigenvalue weighted by atomic mass is 19.1. The van der Waals surface area contributed by atoms with Crippen molar-refractivity contribution < 1.29 is 28.6 Å². The molecule has 0 saturated carbocycles. The van der Waals surface area contributed by atoms with Gasteiger partial charge in [0.05, 0.1) is 24.7 Å². The number of hydrogen-bond donors (Lipinski definition) is 2. The molecule has 0 spiro atoms. The van der Waals surface area contributed by atoms with Gasteiger partial charge in [0, 0.05) is 5.39 Å². The highest BCUT2D eigenvalue weighted by Gasteiger charge is 2.33. The van der Waals surface area contributed by atoms with Crippen molar-refractivity contribution in [1.82, 2.24) is 4.98 Å². The molecule has 1 aromatic carbocycles. The highest BCUT2D eigenvalue weighted by Crippen LogP contribution is 2.26. The Labute approximate surface area is 169 Å². The summed E-state index contributed by atoms with van der Waals surface area (Å²) in [6.45, 7) is 5.04. The Balaban J connectivity index is 2.15. The molecule has 8 heteroatoms. The van der Waals surface area contributed by atoms with Crippen molar-refractivity contribution in [2.45, 2.75) is 51.7 Å². The van der Waals surface area contributed by atoms with E-state index in [0.29, 0.717) is 28.6 Å². The van der Waals surface area contributed by atoms with Crippen molar-refractivity contribution in [1.29, 1.82) is 0 Å². The molecule has 29 heavy (non-hydrogen) atoms. The lowest BCUT2D eigenvalue weighted by atomic mass is 9.92. The number of pyridine rings is 1. The zero-order chi connectivity index (χ0) is 21.8. The molecule has 0 radical (unpaired) electrons. The maximum absolute atomic E-state index is 14.4. The molecule has 2 unspecified atom stereocenters. The molecule has 0 amide bonds. The fourth-order valence-corrected chi connectivity index (χ4v) is 3.07. The number of halogens is 1. The van der Waals surface area contributed by atoms with Crippen LogP contribution in [0.1, 0.15) is 39.2 Å². The zero-order valence-corrected chi connectivity index (χ0v) is 17.1. The third kappa shape index (κ3) is 5.87. The molecule has 0 saturated heterocycles. The quantitative estimate of drug-likeness (QED) is 0.648. The topological polar surface area (TPSA) is 112 Å². The number of carbonyl (C=O) groups excluding carboxylic acids is 1. The summed E-state index contributed by atoms with van der Waals surface area (Å²) in [6, 6.07) is 3.86. The molecule has 0 aliphatic carbocycles. The van der Waals surface area contributed by atoms with Gasteiger partial charge in [0.2, 0.25) is 0 Å². The Morgan fingerprint density at radius 2 is 2.00 bits per heavy atom. The van der Waals surface area contributed by atoms with Crippen LogP contribution >= 0.6 is 0 Å². The number of carboxylic acids is 1. The van der Waals surface area contributed by atoms with Crippen LogP contribution in [0.25, 0.3) is 10.9 Å². The smallest absolute Gasteiger partial charge is 0.324 e. The summed E-state index contributed by atoms with van der Waals surface area (Å²) in [4.78, 5) is 27.8. The average molecular weight is 406 g/mol. The van der Waals surface area contributed by atoms with E-state index in [-0.39, 0.29) is 12.8 Å². The van der Waals surface area contributed by atoms with Crippen LogP contribution in [-0.2, 0) is 20.7 Å². The third-order valence-electron chi connectivity index (χ3n) is 4.51. The molecule has 2 atom stereocenters. The lowest BCUT2D eigenvalue weighted by Gasteiger charge is -2.25. The predicted octanol–water partition coefficient (Wildman–Crippen LogP) is 3.08. The number of carboxylic acid groups (broad SMARTS) is 1. The van der Waals surface area contributed by atoms with Crippen molar-refractivity contribution >= 4 is 22.8 Å². The Bertz CT molecular complexity index is 895. The number of methoxy groups -OCH3 is 1. The van der Waals surface area contributed by atoms with E-state index in [0.717, 1.165) is 6.20 Å². The number of nitrogens with zero attached hydrogens (tertiary/aromatic N) is 1. The first kappa shape index (κ1) is 22.5. The summed E-state index contributed by atoms with van der Waals surface area (Å²) in [5.41, 5.74) is 6.12. The van der Waals surface area contributed by atoms with Crippen molar-refractivity contribution in [3.63, 3.8) is 0 Å². The number of rotatable bonds is 8. The third-order valence-corrected chi connectivity index (χ3v) is 4.51. The van der Waals surface area contributed by atoms with Gasteiger partial charge in [-0.3, -0.25) is 14.6 Å². The van der Waals surface area contributed by atoms with Crippen LogP contribution < -0.4 is 10.5 Å². The van der Waals surface area contributed by atoms with Crippen molar-refractivity contribution in [3.05, 3.63) is 35.8 Å². The van der Waals surface area contributed by atoms with E-state index in [1.165, 1.54) is 7.11 Å². The summed E-state index contributed by atoms with van der Waals surface area (Å²) in [6.07, 6.45) is 1.83. The van der Waals surface area contributed by atoms with E-state index < -0.39 is 35.3 Å². The minimum atomic E-state index is -1.30. The molecule has 2 rings (SSSR count). The van der Waals surface area contributed by atoms with E-state index >= 15 is 0 Å². The van der Waals surface area contributed by atoms with Crippen molar-refractivity contribution in [2.24, 2.45) is 11.7 Å². The molecular formula is C21H27FN2O5. The molecule has 2 aromatic rings. The van der Waals surface area contributed by atoms with E-state index in [1.807, 2.05) is 0 Å². The molecular weight excluding hydrogens is 379 g/mol. The van der Waals surface area contributed by atoms with Crippen LogP contribution in [0.5, 0.6) is 5.75 Å². The zero-order valence-electron chi connectivity index (χ0n) is 17.1. The van der Waals surface area contributed by atoms with Crippen LogP contribution in [-0.4, -0.2) is 40.8 Å². The van der Waals surface area contributed by atoms with Gasteiger partial charge in [-0.25, -0.2) is 4.39 Å². The number of esters is 1. The normalized spacial score (nSPS) is 13.7. The number of aryl methyl sites for hydroxylation is 1. The molecule has 0 bridgehead atoms. The van der Waals surface area contributed by atoms with Crippen molar-refractivity contribution in [3.8, 4) is 5.75 Å². The number of nitrogens with two attached hydrogens (primary N) is 1. The van der Waals surface area contributed by atoms with Gasteiger partial charge in [-0.1, -0.05) is 0 Å². The molecule has 0 fully saturated rings. The lowest BCUT2D eigenvalue weighted by Crippen LogP contribution is -2.45. The van der Waals surface area contributed by atoms with Gasteiger partial charge < -0.3 is 20.3 Å². The van der Waals surface area contributed by atoms with Crippen LogP contribution in [0.3, 0.4) is 0 Å². The van der Waals surface area contributed by atoms with E-state index in [2.05, 4.69) is 4.98 Å². The summed E-state index contributed by atoms with van der Waals surface area (Å²) in [7, 11) is 1.52. The van der Waals surface area contributed by atoms with Gasteiger partial charge in [-0.05, 0) is 63.8 Å². The summed E-state index contributed by atoms with van der Waals surface area (Å²) < 4.78 is 24.8. The Morgan fingerprint density at radius 3 is 2.59 bits per heavy atom. The fraction of sp³-hybridized carbons (Fsp3) is 0.476. The van der Waals surface area contributed by atoms with Gasteiger partial charge in [-0.2, -0.15) is 0 Å². The molecule has 0 aliphatic heterocycles. The first-order chi connectivity index (χ1) is 13.5. The first-order valence-corrected chi connectivity index (χ1v) is 9.36. The van der Waals surface area contributed by atoms with Gasteiger partial charge in [0.1, 0.15) is 23.2 Å². The second-order valence-corrected chi connectivity index (χ2v) is 7.86. The Morgan fingerprint density at radius 1 is 1.31 bits per heavy atom. The minimum absolute atomic E-state index is 0.100. The predicted molar refractivity (Wildman–Crippen MR) is 106 cm³/mol. The fourth-order valence-electron chi connectivity index (χ4n) is 3.07. The van der Waals surface area contributed by atoms with Gasteiger partial charge in [-0.15, -0.1) is 0 Å². The van der Waals surface area contributed by atoms with Crippen LogP contribution in [0.15, 0.2) is 24.4 Å². The maximum atomic E-state index is 14.4. The number of carbonyl (C=O) groups is 2. The number of benzene rings is 1. The molecule has 7 nitrogen and oxygen atoms in total. The van der Waals surface area contributed by atoms with Gasteiger partial charge in [0.25, 0.3) is 0 Å². The van der Waals surface area contributed by atoms with Crippen LogP contribution in [0.2, 0.25) is 0 Å².